The fourth-order valence-electron chi connectivity index (χ4n) is 3.12. The number of aliphatic hydroxyl groups is 1. The maximum absolute atomic E-state index is 10.5. The van der Waals surface area contributed by atoms with Crippen molar-refractivity contribution in [3.8, 4) is 0 Å². The first-order chi connectivity index (χ1) is 9.25. The molecule has 2 unspecified atom stereocenters. The van der Waals surface area contributed by atoms with Gasteiger partial charge >= 0.3 is 0 Å². The number of H-pyrrole nitrogens is 1. The third-order valence-corrected chi connectivity index (χ3v) is 4.33. The zero-order valence-electron chi connectivity index (χ0n) is 11.5. The summed E-state index contributed by atoms with van der Waals surface area (Å²) in [5.74, 6) is 0. The van der Waals surface area contributed by atoms with Crippen molar-refractivity contribution in [3.63, 3.8) is 0 Å². The Morgan fingerprint density at radius 2 is 2.21 bits per heavy atom. The average Bonchev–Trinajstić information content (AvgIpc) is 2.85. The molecular weight excluding hydrogens is 236 g/mol. The van der Waals surface area contributed by atoms with Crippen molar-refractivity contribution < 1.29 is 5.11 Å². The van der Waals surface area contributed by atoms with E-state index in [0.717, 1.165) is 29.6 Å². The molecular formula is C16H22N2O. The van der Waals surface area contributed by atoms with Crippen molar-refractivity contribution in [2.75, 3.05) is 13.1 Å². The summed E-state index contributed by atoms with van der Waals surface area (Å²) in [7, 11) is 0. The van der Waals surface area contributed by atoms with Gasteiger partial charge in [-0.05, 0) is 32.4 Å². The molecule has 1 aliphatic rings. The molecule has 2 aromatic rings. The first-order valence-corrected chi connectivity index (χ1v) is 7.24. The number of aromatic nitrogens is 1. The Bertz CT molecular complexity index is 548. The Hall–Kier alpha value is -1.32. The number of rotatable bonds is 3. The van der Waals surface area contributed by atoms with Gasteiger partial charge in [0.1, 0.15) is 0 Å². The zero-order chi connectivity index (χ0) is 13.2. The largest absolute Gasteiger partial charge is 0.387 e. The molecule has 0 bridgehead atoms. The Labute approximate surface area is 114 Å². The summed E-state index contributed by atoms with van der Waals surface area (Å²) in [4.78, 5) is 5.65. The van der Waals surface area contributed by atoms with Crippen LogP contribution in [0.4, 0.5) is 0 Å². The van der Waals surface area contributed by atoms with E-state index in [1.165, 1.54) is 19.3 Å². The van der Waals surface area contributed by atoms with E-state index in [4.69, 9.17) is 0 Å². The molecule has 1 aliphatic heterocycles. The summed E-state index contributed by atoms with van der Waals surface area (Å²) >= 11 is 0. The van der Waals surface area contributed by atoms with Gasteiger partial charge in [-0.15, -0.1) is 0 Å². The summed E-state index contributed by atoms with van der Waals surface area (Å²) < 4.78 is 0. The predicted molar refractivity (Wildman–Crippen MR) is 78.1 cm³/mol. The van der Waals surface area contributed by atoms with Gasteiger partial charge in [0.2, 0.25) is 0 Å². The van der Waals surface area contributed by atoms with Crippen molar-refractivity contribution in [1.82, 2.24) is 9.88 Å². The zero-order valence-corrected chi connectivity index (χ0v) is 11.5. The van der Waals surface area contributed by atoms with Crippen molar-refractivity contribution in [2.45, 2.75) is 38.3 Å². The van der Waals surface area contributed by atoms with Crippen LogP contribution < -0.4 is 0 Å². The van der Waals surface area contributed by atoms with Crippen LogP contribution in [-0.4, -0.2) is 34.1 Å². The van der Waals surface area contributed by atoms with Crippen LogP contribution in [0.25, 0.3) is 10.9 Å². The van der Waals surface area contributed by atoms with Crippen molar-refractivity contribution in [1.29, 1.82) is 0 Å². The lowest BCUT2D eigenvalue weighted by atomic mass is 10.0. The van der Waals surface area contributed by atoms with E-state index in [9.17, 15) is 5.11 Å². The van der Waals surface area contributed by atoms with E-state index in [1.807, 2.05) is 18.3 Å². The topological polar surface area (TPSA) is 39.3 Å². The van der Waals surface area contributed by atoms with Crippen LogP contribution in [0.5, 0.6) is 0 Å². The smallest absolute Gasteiger partial charge is 0.0937 e. The average molecular weight is 258 g/mol. The molecule has 0 radical (unpaired) electrons. The van der Waals surface area contributed by atoms with Crippen LogP contribution >= 0.6 is 0 Å². The van der Waals surface area contributed by atoms with E-state index in [2.05, 4.69) is 28.9 Å². The van der Waals surface area contributed by atoms with Crippen molar-refractivity contribution >= 4 is 10.9 Å². The molecule has 19 heavy (non-hydrogen) atoms. The Balaban J connectivity index is 1.78. The van der Waals surface area contributed by atoms with Gasteiger partial charge in [0, 0.05) is 35.2 Å². The summed E-state index contributed by atoms with van der Waals surface area (Å²) in [6, 6.07) is 8.75. The highest BCUT2D eigenvalue weighted by molar-refractivity contribution is 5.83. The SMILES string of the molecule is CC1CCCCN1CC(O)c1c[nH]c2ccccc12. The molecule has 1 aromatic heterocycles. The monoisotopic (exact) mass is 258 g/mol. The second kappa shape index (κ2) is 5.35. The lowest BCUT2D eigenvalue weighted by molar-refractivity contribution is 0.0740. The van der Waals surface area contributed by atoms with Crippen molar-refractivity contribution in [2.24, 2.45) is 0 Å². The normalized spacial score (nSPS) is 22.7. The molecule has 0 amide bonds. The molecule has 1 aromatic carbocycles. The number of fused-ring (bicyclic) bond motifs is 1. The predicted octanol–water partition coefficient (Wildman–Crippen LogP) is 3.08. The Kier molecular flexibility index (Phi) is 3.58. The van der Waals surface area contributed by atoms with Crippen LogP contribution in [0.15, 0.2) is 30.5 Å². The first-order valence-electron chi connectivity index (χ1n) is 7.24. The highest BCUT2D eigenvalue weighted by atomic mass is 16.3. The van der Waals surface area contributed by atoms with E-state index < -0.39 is 6.10 Å². The molecule has 1 fully saturated rings. The van der Waals surface area contributed by atoms with Crippen molar-refractivity contribution in [3.05, 3.63) is 36.0 Å². The molecule has 2 atom stereocenters. The van der Waals surface area contributed by atoms with Crippen LogP contribution in [0.1, 0.15) is 37.9 Å². The van der Waals surface area contributed by atoms with E-state index in [-0.39, 0.29) is 0 Å². The number of para-hydroxylation sites is 1. The fourth-order valence-corrected chi connectivity index (χ4v) is 3.12. The van der Waals surface area contributed by atoms with Gasteiger partial charge in [-0.25, -0.2) is 0 Å². The highest BCUT2D eigenvalue weighted by Crippen LogP contribution is 2.26. The second-order valence-corrected chi connectivity index (χ2v) is 5.65. The second-order valence-electron chi connectivity index (χ2n) is 5.65. The Morgan fingerprint density at radius 1 is 1.37 bits per heavy atom. The molecule has 3 rings (SSSR count). The van der Waals surface area contributed by atoms with Crippen LogP contribution in [0.3, 0.4) is 0 Å². The Morgan fingerprint density at radius 3 is 3.05 bits per heavy atom. The van der Waals surface area contributed by atoms with Gasteiger partial charge in [-0.2, -0.15) is 0 Å². The van der Waals surface area contributed by atoms with Gasteiger partial charge in [-0.1, -0.05) is 24.6 Å². The van der Waals surface area contributed by atoms with E-state index in [1.54, 1.807) is 0 Å². The minimum absolute atomic E-state index is 0.406. The molecule has 2 heterocycles. The van der Waals surface area contributed by atoms with E-state index >= 15 is 0 Å². The summed E-state index contributed by atoms with van der Waals surface area (Å²) in [6.45, 7) is 4.12. The maximum Gasteiger partial charge on any atom is 0.0937 e. The number of benzene rings is 1. The number of β-amino-alcohol motifs (C(OH)–C–C–N with tert-alkyl or cyclic N) is 1. The highest BCUT2D eigenvalue weighted by Gasteiger charge is 2.22. The number of nitrogens with zero attached hydrogens (tertiary/aromatic N) is 1. The number of aromatic amines is 1. The number of hydrogen-bond donors (Lipinski definition) is 2. The van der Waals surface area contributed by atoms with Gasteiger partial charge in [0.15, 0.2) is 0 Å². The molecule has 0 saturated carbocycles. The van der Waals surface area contributed by atoms with Gasteiger partial charge in [-0.3, -0.25) is 4.90 Å². The number of piperidine rings is 1. The van der Waals surface area contributed by atoms with Crippen LogP contribution in [0, 0.1) is 0 Å². The fraction of sp³-hybridized carbons (Fsp3) is 0.500. The molecule has 3 heteroatoms. The minimum Gasteiger partial charge on any atom is -0.387 e. The summed E-state index contributed by atoms with van der Waals surface area (Å²) in [6.07, 6.45) is 5.37. The maximum atomic E-state index is 10.5. The number of aliphatic hydroxyl groups excluding tert-OH is 1. The molecule has 0 aliphatic carbocycles. The lowest BCUT2D eigenvalue weighted by Crippen LogP contribution is -2.40. The minimum atomic E-state index is -0.406. The summed E-state index contributed by atoms with van der Waals surface area (Å²) in [5, 5.41) is 11.7. The quantitative estimate of drug-likeness (QED) is 0.888. The summed E-state index contributed by atoms with van der Waals surface area (Å²) in [5.41, 5.74) is 2.12. The first kappa shape index (κ1) is 12.7. The molecule has 1 saturated heterocycles. The van der Waals surface area contributed by atoms with E-state index in [0.29, 0.717) is 6.04 Å². The van der Waals surface area contributed by atoms with Crippen LogP contribution in [0.2, 0.25) is 0 Å². The molecule has 102 valence electrons. The number of nitrogens with one attached hydrogen (secondary N) is 1. The van der Waals surface area contributed by atoms with Crippen LogP contribution in [-0.2, 0) is 0 Å². The molecule has 2 N–H and O–H groups in total. The van der Waals surface area contributed by atoms with Gasteiger partial charge in [0.05, 0.1) is 6.10 Å². The standard InChI is InChI=1S/C16H22N2O/c1-12-6-4-5-9-18(12)11-16(19)14-10-17-15-8-3-2-7-13(14)15/h2-3,7-8,10,12,16-17,19H,4-6,9,11H2,1H3. The number of hydrogen-bond acceptors (Lipinski definition) is 2. The third kappa shape index (κ3) is 2.53. The van der Waals surface area contributed by atoms with Gasteiger partial charge < -0.3 is 10.1 Å². The lowest BCUT2D eigenvalue weighted by Gasteiger charge is -2.34. The third-order valence-electron chi connectivity index (χ3n) is 4.33. The molecule has 3 nitrogen and oxygen atoms in total. The molecule has 0 spiro atoms. The number of likely N-dealkylation sites (tertiary alicyclic amines) is 1. The van der Waals surface area contributed by atoms with Gasteiger partial charge in [0.25, 0.3) is 0 Å².